The molecule has 1 unspecified atom stereocenters. The van der Waals surface area contributed by atoms with Crippen LogP contribution in [0.1, 0.15) is 38.6 Å². The number of aromatic nitrogens is 2. The third-order valence-corrected chi connectivity index (χ3v) is 3.47. The Morgan fingerprint density at radius 3 is 2.85 bits per heavy atom. The maximum atomic E-state index is 5.23. The van der Waals surface area contributed by atoms with Gasteiger partial charge in [-0.25, -0.2) is 0 Å². The second-order valence-electron chi connectivity index (χ2n) is 3.84. The molecule has 1 aliphatic carbocycles. The molecule has 1 N–H and O–H groups in total. The van der Waals surface area contributed by atoms with E-state index in [1.165, 1.54) is 25.7 Å². The average molecular weight is 196 g/mol. The summed E-state index contributed by atoms with van der Waals surface area (Å²) in [5.41, 5.74) is 0. The number of aromatic amines is 1. The molecule has 0 bridgehead atoms. The van der Waals surface area contributed by atoms with Crippen LogP contribution in [-0.4, -0.2) is 9.55 Å². The van der Waals surface area contributed by atoms with Gasteiger partial charge < -0.3 is 9.55 Å². The number of nitrogens with one attached hydrogen (secondary N) is 1. The predicted octanol–water partition coefficient (Wildman–Crippen LogP) is 3.30. The van der Waals surface area contributed by atoms with Crippen LogP contribution in [0.15, 0.2) is 12.4 Å². The van der Waals surface area contributed by atoms with E-state index in [2.05, 4.69) is 22.7 Å². The summed E-state index contributed by atoms with van der Waals surface area (Å²) in [5, 5.41) is 0. The van der Waals surface area contributed by atoms with Crippen molar-refractivity contribution in [1.29, 1.82) is 0 Å². The van der Waals surface area contributed by atoms with E-state index in [0.717, 1.165) is 10.7 Å². The fourth-order valence-electron chi connectivity index (χ4n) is 2.17. The van der Waals surface area contributed by atoms with E-state index in [4.69, 9.17) is 12.2 Å². The van der Waals surface area contributed by atoms with Crippen LogP contribution in [0.5, 0.6) is 0 Å². The van der Waals surface area contributed by atoms with Gasteiger partial charge >= 0.3 is 0 Å². The molecule has 2 nitrogen and oxygen atoms in total. The summed E-state index contributed by atoms with van der Waals surface area (Å²) in [6, 6.07) is 0.632. The fourth-order valence-corrected chi connectivity index (χ4v) is 2.44. The first-order chi connectivity index (χ1) is 6.33. The lowest BCUT2D eigenvalue weighted by Gasteiger charge is -2.33. The zero-order valence-electron chi connectivity index (χ0n) is 7.99. The molecule has 0 aromatic carbocycles. The lowest BCUT2D eigenvalue weighted by molar-refractivity contribution is 0.202. The SMILES string of the molecule is CCC(C1CCC1)n1cc[nH]c1=S. The number of imidazole rings is 1. The summed E-state index contributed by atoms with van der Waals surface area (Å²) in [6.07, 6.45) is 9.37. The molecule has 13 heavy (non-hydrogen) atoms. The standard InChI is InChI=1S/C10H16N2S/c1-2-9(8-4-3-5-8)12-7-6-11-10(12)13/h6-9H,2-5H2,1H3,(H,11,13). The second-order valence-corrected chi connectivity index (χ2v) is 4.23. The number of hydrogen-bond acceptors (Lipinski definition) is 1. The topological polar surface area (TPSA) is 20.7 Å². The maximum absolute atomic E-state index is 5.23. The first-order valence-electron chi connectivity index (χ1n) is 5.08. The summed E-state index contributed by atoms with van der Waals surface area (Å²) in [4.78, 5) is 3.06. The summed E-state index contributed by atoms with van der Waals surface area (Å²) in [7, 11) is 0. The van der Waals surface area contributed by atoms with Gasteiger partial charge in [0.2, 0.25) is 0 Å². The molecule has 0 saturated heterocycles. The summed E-state index contributed by atoms with van der Waals surface area (Å²) < 4.78 is 3.10. The Morgan fingerprint density at radius 1 is 1.69 bits per heavy atom. The molecule has 0 spiro atoms. The Labute approximate surface area is 84.0 Å². The minimum absolute atomic E-state index is 0.632. The molecule has 1 aliphatic rings. The first-order valence-corrected chi connectivity index (χ1v) is 5.49. The van der Waals surface area contributed by atoms with Gasteiger partial charge in [0.15, 0.2) is 4.77 Å². The smallest absolute Gasteiger partial charge is 0.177 e. The Kier molecular flexibility index (Phi) is 2.54. The Hall–Kier alpha value is -0.570. The number of hydrogen-bond donors (Lipinski definition) is 1. The van der Waals surface area contributed by atoms with Crippen LogP contribution in [0.25, 0.3) is 0 Å². The minimum Gasteiger partial charge on any atom is -0.337 e. The van der Waals surface area contributed by atoms with Crippen LogP contribution >= 0.6 is 12.2 Å². The van der Waals surface area contributed by atoms with Gasteiger partial charge in [-0.3, -0.25) is 0 Å². The molecular weight excluding hydrogens is 180 g/mol. The van der Waals surface area contributed by atoms with E-state index >= 15 is 0 Å². The van der Waals surface area contributed by atoms with E-state index < -0.39 is 0 Å². The van der Waals surface area contributed by atoms with Crippen molar-refractivity contribution in [3.8, 4) is 0 Å². The van der Waals surface area contributed by atoms with Gasteiger partial charge in [-0.05, 0) is 37.4 Å². The van der Waals surface area contributed by atoms with Gasteiger partial charge in [-0.2, -0.15) is 0 Å². The molecule has 1 aromatic heterocycles. The highest BCUT2D eigenvalue weighted by Gasteiger charge is 2.27. The molecule has 1 saturated carbocycles. The number of H-pyrrole nitrogens is 1. The minimum atomic E-state index is 0.632. The zero-order valence-corrected chi connectivity index (χ0v) is 8.81. The van der Waals surface area contributed by atoms with Crippen LogP contribution < -0.4 is 0 Å². The van der Waals surface area contributed by atoms with Crippen molar-refractivity contribution in [3.05, 3.63) is 17.2 Å². The van der Waals surface area contributed by atoms with Crippen molar-refractivity contribution in [1.82, 2.24) is 9.55 Å². The Balaban J connectivity index is 2.21. The van der Waals surface area contributed by atoms with Crippen molar-refractivity contribution in [2.24, 2.45) is 5.92 Å². The molecule has 2 rings (SSSR count). The molecule has 1 atom stereocenters. The van der Waals surface area contributed by atoms with Gasteiger partial charge in [0.25, 0.3) is 0 Å². The molecule has 1 fully saturated rings. The van der Waals surface area contributed by atoms with E-state index in [0.29, 0.717) is 6.04 Å². The zero-order chi connectivity index (χ0) is 9.26. The lowest BCUT2D eigenvalue weighted by Crippen LogP contribution is -2.24. The Morgan fingerprint density at radius 2 is 2.46 bits per heavy atom. The highest BCUT2D eigenvalue weighted by molar-refractivity contribution is 7.71. The van der Waals surface area contributed by atoms with Gasteiger partial charge in [0.05, 0.1) is 0 Å². The van der Waals surface area contributed by atoms with Gasteiger partial charge in [-0.15, -0.1) is 0 Å². The van der Waals surface area contributed by atoms with Crippen molar-refractivity contribution < 1.29 is 0 Å². The van der Waals surface area contributed by atoms with Crippen LogP contribution in [0.4, 0.5) is 0 Å². The first kappa shape index (κ1) is 9.00. The number of rotatable bonds is 3. The summed E-state index contributed by atoms with van der Waals surface area (Å²) in [6.45, 7) is 2.25. The van der Waals surface area contributed by atoms with Gasteiger partial charge in [0.1, 0.15) is 0 Å². The second kappa shape index (κ2) is 3.66. The van der Waals surface area contributed by atoms with Gasteiger partial charge in [-0.1, -0.05) is 13.3 Å². The monoisotopic (exact) mass is 196 g/mol. The molecule has 1 aromatic rings. The lowest BCUT2D eigenvalue weighted by atomic mass is 9.79. The molecule has 0 aliphatic heterocycles. The van der Waals surface area contributed by atoms with Crippen molar-refractivity contribution in [2.45, 2.75) is 38.6 Å². The van der Waals surface area contributed by atoms with Crippen molar-refractivity contribution in [2.75, 3.05) is 0 Å². The third-order valence-electron chi connectivity index (χ3n) is 3.15. The third kappa shape index (κ3) is 1.57. The van der Waals surface area contributed by atoms with Crippen LogP contribution in [0, 0.1) is 10.7 Å². The van der Waals surface area contributed by atoms with Crippen molar-refractivity contribution in [3.63, 3.8) is 0 Å². The van der Waals surface area contributed by atoms with Crippen LogP contribution in [0.3, 0.4) is 0 Å². The summed E-state index contributed by atoms with van der Waals surface area (Å²) in [5.74, 6) is 0.868. The summed E-state index contributed by atoms with van der Waals surface area (Å²) >= 11 is 5.23. The maximum Gasteiger partial charge on any atom is 0.177 e. The molecule has 0 amide bonds. The molecular formula is C10H16N2S. The molecule has 3 heteroatoms. The van der Waals surface area contributed by atoms with E-state index in [-0.39, 0.29) is 0 Å². The normalized spacial score (nSPS) is 19.8. The van der Waals surface area contributed by atoms with E-state index in [1.54, 1.807) is 0 Å². The van der Waals surface area contributed by atoms with Crippen LogP contribution in [-0.2, 0) is 0 Å². The highest BCUT2D eigenvalue weighted by Crippen LogP contribution is 2.37. The quantitative estimate of drug-likeness (QED) is 0.736. The molecule has 0 radical (unpaired) electrons. The largest absolute Gasteiger partial charge is 0.337 e. The van der Waals surface area contributed by atoms with Gasteiger partial charge in [0, 0.05) is 18.4 Å². The Bertz CT molecular complexity index is 322. The molecule has 72 valence electrons. The highest BCUT2D eigenvalue weighted by atomic mass is 32.1. The predicted molar refractivity (Wildman–Crippen MR) is 56.3 cm³/mol. The van der Waals surface area contributed by atoms with E-state index in [1.807, 2.05) is 6.20 Å². The average Bonchev–Trinajstić information content (AvgIpc) is 2.43. The number of nitrogens with zero attached hydrogens (tertiary/aromatic N) is 1. The van der Waals surface area contributed by atoms with Crippen LogP contribution in [0.2, 0.25) is 0 Å². The van der Waals surface area contributed by atoms with E-state index in [9.17, 15) is 0 Å². The fraction of sp³-hybridized carbons (Fsp3) is 0.700. The van der Waals surface area contributed by atoms with Crippen molar-refractivity contribution >= 4 is 12.2 Å². The molecule has 1 heterocycles.